The number of nitrogens with two attached hydrogens (primary N) is 1. The van der Waals surface area contributed by atoms with Gasteiger partial charge in [0.2, 0.25) is 5.88 Å². The van der Waals surface area contributed by atoms with Crippen LogP contribution in [0.1, 0.15) is 56.5 Å². The van der Waals surface area contributed by atoms with E-state index in [0.29, 0.717) is 38.2 Å². The van der Waals surface area contributed by atoms with Gasteiger partial charge in [0.15, 0.2) is 0 Å². The number of amides is 1. The Morgan fingerprint density at radius 1 is 1.11 bits per heavy atom. The molecule has 0 aliphatic heterocycles. The highest BCUT2D eigenvalue weighted by molar-refractivity contribution is 7.16. The molecule has 0 radical (unpaired) electrons. The van der Waals surface area contributed by atoms with Crippen molar-refractivity contribution in [2.24, 2.45) is 10.7 Å². The van der Waals surface area contributed by atoms with Gasteiger partial charge >= 0.3 is 5.97 Å². The molecule has 9 heteroatoms. The van der Waals surface area contributed by atoms with Gasteiger partial charge in [-0.2, -0.15) is 0 Å². The predicted octanol–water partition coefficient (Wildman–Crippen LogP) is 4.66. The minimum absolute atomic E-state index is 0.249. The van der Waals surface area contributed by atoms with E-state index in [4.69, 9.17) is 10.5 Å². The maximum Gasteiger partial charge on any atom is 0.338 e. The van der Waals surface area contributed by atoms with Crippen molar-refractivity contribution in [2.75, 3.05) is 6.61 Å². The van der Waals surface area contributed by atoms with Crippen LogP contribution in [0.25, 0.3) is 16.5 Å². The molecule has 0 saturated heterocycles. The van der Waals surface area contributed by atoms with Gasteiger partial charge in [-0.05, 0) is 68.5 Å². The topological polar surface area (TPSA) is 124 Å². The number of benzene rings is 2. The maximum absolute atomic E-state index is 13.4. The number of carbonyl (C=O) groups is 2. The first-order valence-electron chi connectivity index (χ1n) is 12.0. The molecular formula is C28H25N3O5S. The summed E-state index contributed by atoms with van der Waals surface area (Å²) in [5.41, 5.74) is 7.73. The molecule has 2 aromatic heterocycles. The van der Waals surface area contributed by atoms with Gasteiger partial charge in [0, 0.05) is 21.9 Å². The smallest absolute Gasteiger partial charge is 0.338 e. The highest BCUT2D eigenvalue weighted by atomic mass is 32.1. The number of aromatic hydroxyl groups is 1. The number of esters is 1. The molecule has 1 aliphatic carbocycles. The second-order valence-electron chi connectivity index (χ2n) is 8.70. The van der Waals surface area contributed by atoms with Gasteiger partial charge in [-0.15, -0.1) is 11.3 Å². The Morgan fingerprint density at radius 2 is 1.81 bits per heavy atom. The van der Waals surface area contributed by atoms with E-state index in [0.717, 1.165) is 36.1 Å². The first-order chi connectivity index (χ1) is 17.9. The van der Waals surface area contributed by atoms with Crippen LogP contribution in [0, 0.1) is 0 Å². The lowest BCUT2D eigenvalue weighted by molar-refractivity contribution is 0.0526. The van der Waals surface area contributed by atoms with Crippen LogP contribution in [0.5, 0.6) is 5.88 Å². The second kappa shape index (κ2) is 10.0. The molecule has 2 heterocycles. The van der Waals surface area contributed by atoms with Gasteiger partial charge in [-0.3, -0.25) is 9.59 Å². The number of pyridine rings is 1. The number of hydrogen-bond acceptors (Lipinski definition) is 7. The first kappa shape index (κ1) is 24.5. The zero-order valence-corrected chi connectivity index (χ0v) is 21.0. The Kier molecular flexibility index (Phi) is 6.62. The molecule has 0 fully saturated rings. The lowest BCUT2D eigenvalue weighted by Gasteiger charge is -2.14. The van der Waals surface area contributed by atoms with Crippen molar-refractivity contribution in [1.29, 1.82) is 0 Å². The predicted molar refractivity (Wildman–Crippen MR) is 144 cm³/mol. The van der Waals surface area contributed by atoms with Crippen LogP contribution in [0.15, 0.2) is 58.3 Å². The third kappa shape index (κ3) is 4.42. The molecule has 188 valence electrons. The normalized spacial score (nSPS) is 13.1. The number of carbonyl (C=O) groups excluding carboxylic acids is 2. The number of aryl methyl sites for hydroxylation is 1. The van der Waals surface area contributed by atoms with Crippen LogP contribution >= 0.6 is 11.3 Å². The molecule has 4 aromatic rings. The molecule has 2 aromatic carbocycles. The van der Waals surface area contributed by atoms with Gasteiger partial charge in [-0.1, -0.05) is 18.2 Å². The largest absolute Gasteiger partial charge is 0.494 e. The standard InChI is InChI=1S/C28H25N3O5S/c1-2-36-28(35)16-11-13-17(14-12-16)31-26(33)19-8-4-3-7-18(19)21(27(31)34)15-30-25-23(24(29)32)20-9-5-6-10-22(20)37-25/h3-4,7-8,11-15,34H,2,5-6,9-10H2,1H3,(H2,29,32). The summed E-state index contributed by atoms with van der Waals surface area (Å²) < 4.78 is 6.20. The van der Waals surface area contributed by atoms with Crippen molar-refractivity contribution in [2.45, 2.75) is 32.6 Å². The summed E-state index contributed by atoms with van der Waals surface area (Å²) in [6.45, 7) is 1.97. The molecule has 0 atom stereocenters. The molecule has 37 heavy (non-hydrogen) atoms. The fourth-order valence-corrected chi connectivity index (χ4v) is 5.95. The van der Waals surface area contributed by atoms with Crippen LogP contribution in [0.4, 0.5) is 5.00 Å². The highest BCUT2D eigenvalue weighted by Crippen LogP contribution is 2.40. The van der Waals surface area contributed by atoms with Crippen molar-refractivity contribution in [3.63, 3.8) is 0 Å². The third-order valence-electron chi connectivity index (χ3n) is 6.45. The van der Waals surface area contributed by atoms with Crippen molar-refractivity contribution >= 4 is 45.2 Å². The third-order valence-corrected chi connectivity index (χ3v) is 7.65. The monoisotopic (exact) mass is 515 g/mol. The van der Waals surface area contributed by atoms with Gasteiger partial charge < -0.3 is 15.6 Å². The van der Waals surface area contributed by atoms with Crippen molar-refractivity contribution < 1.29 is 19.4 Å². The van der Waals surface area contributed by atoms with Gasteiger partial charge in [0.25, 0.3) is 11.5 Å². The molecule has 0 unspecified atom stereocenters. The fraction of sp³-hybridized carbons (Fsp3) is 0.214. The zero-order chi connectivity index (χ0) is 26.1. The van der Waals surface area contributed by atoms with Crippen LogP contribution in [-0.4, -0.2) is 34.4 Å². The number of rotatable bonds is 6. The molecule has 5 rings (SSSR count). The number of aromatic nitrogens is 1. The lowest BCUT2D eigenvalue weighted by atomic mass is 9.95. The Balaban J connectivity index is 1.65. The summed E-state index contributed by atoms with van der Waals surface area (Å²) >= 11 is 1.44. The van der Waals surface area contributed by atoms with E-state index in [9.17, 15) is 19.5 Å². The van der Waals surface area contributed by atoms with Crippen molar-refractivity contribution in [3.05, 3.63) is 86.0 Å². The van der Waals surface area contributed by atoms with Crippen LogP contribution < -0.4 is 11.3 Å². The highest BCUT2D eigenvalue weighted by Gasteiger charge is 2.24. The number of ether oxygens (including phenoxy) is 1. The van der Waals surface area contributed by atoms with Gasteiger partial charge in [-0.25, -0.2) is 14.4 Å². The summed E-state index contributed by atoms with van der Waals surface area (Å²) in [5.74, 6) is -1.30. The van der Waals surface area contributed by atoms with Crippen LogP contribution in [0.3, 0.4) is 0 Å². The Hall–Kier alpha value is -4.24. The maximum atomic E-state index is 13.4. The summed E-state index contributed by atoms with van der Waals surface area (Å²) in [7, 11) is 0. The molecular weight excluding hydrogens is 490 g/mol. The van der Waals surface area contributed by atoms with Crippen molar-refractivity contribution in [1.82, 2.24) is 4.57 Å². The number of hydrogen-bond donors (Lipinski definition) is 2. The Morgan fingerprint density at radius 3 is 2.51 bits per heavy atom. The molecule has 1 amide bonds. The van der Waals surface area contributed by atoms with Gasteiger partial charge in [0.1, 0.15) is 5.00 Å². The van der Waals surface area contributed by atoms with E-state index in [2.05, 4.69) is 4.99 Å². The number of fused-ring (bicyclic) bond motifs is 2. The SMILES string of the molecule is CCOC(=O)c1ccc(-n2c(O)c(C=Nc3sc4c(c3C(N)=O)CCCC4)c3ccccc3c2=O)cc1. The number of primary amides is 1. The van der Waals surface area contributed by atoms with E-state index in [1.807, 2.05) is 0 Å². The summed E-state index contributed by atoms with van der Waals surface area (Å²) in [5, 5.41) is 12.7. The number of aliphatic imine (C=N–C) groups is 1. The van der Waals surface area contributed by atoms with Crippen molar-refractivity contribution in [3.8, 4) is 11.6 Å². The summed E-state index contributed by atoms with van der Waals surface area (Å²) in [6.07, 6.45) is 5.21. The second-order valence-corrected chi connectivity index (χ2v) is 9.79. The minimum Gasteiger partial charge on any atom is -0.494 e. The lowest BCUT2D eigenvalue weighted by Crippen LogP contribution is -2.20. The fourth-order valence-electron chi connectivity index (χ4n) is 4.71. The molecule has 3 N–H and O–H groups in total. The minimum atomic E-state index is -0.521. The molecule has 0 bridgehead atoms. The number of nitrogens with zero attached hydrogens (tertiary/aromatic N) is 2. The molecule has 0 spiro atoms. The van der Waals surface area contributed by atoms with E-state index in [1.165, 1.54) is 34.3 Å². The van der Waals surface area contributed by atoms with E-state index in [-0.39, 0.29) is 12.5 Å². The van der Waals surface area contributed by atoms with Gasteiger partial charge in [0.05, 0.1) is 29.0 Å². The molecule has 1 aliphatic rings. The van der Waals surface area contributed by atoms with E-state index in [1.54, 1.807) is 43.3 Å². The Bertz CT molecular complexity index is 1620. The average Bonchev–Trinajstić information content (AvgIpc) is 3.28. The quantitative estimate of drug-likeness (QED) is 0.285. The van der Waals surface area contributed by atoms with E-state index < -0.39 is 17.4 Å². The number of thiophene rings is 1. The first-order valence-corrected chi connectivity index (χ1v) is 12.8. The van der Waals surface area contributed by atoms with Crippen LogP contribution in [0.2, 0.25) is 0 Å². The summed E-state index contributed by atoms with van der Waals surface area (Å²) in [4.78, 5) is 43.4. The Labute approximate surface area is 216 Å². The molecule has 8 nitrogen and oxygen atoms in total. The van der Waals surface area contributed by atoms with E-state index >= 15 is 0 Å². The van der Waals surface area contributed by atoms with Crippen LogP contribution in [-0.2, 0) is 17.6 Å². The summed E-state index contributed by atoms with van der Waals surface area (Å²) in [6, 6.07) is 13.2. The average molecular weight is 516 g/mol. The molecule has 0 saturated carbocycles. The zero-order valence-electron chi connectivity index (χ0n) is 20.2.